The second kappa shape index (κ2) is 7.57. The van der Waals surface area contributed by atoms with Gasteiger partial charge in [-0.3, -0.25) is 9.59 Å². The zero-order valence-corrected chi connectivity index (χ0v) is 14.5. The number of hydrogen-bond donors (Lipinski definition) is 2. The van der Waals surface area contributed by atoms with Gasteiger partial charge in [0.25, 0.3) is 5.91 Å². The number of carbonyl (C=O) groups is 2. The summed E-state index contributed by atoms with van der Waals surface area (Å²) in [5.74, 6) is -0.470. The number of phenolic OH excluding ortho intramolecular Hbond substituents is 2. The van der Waals surface area contributed by atoms with Gasteiger partial charge in [-0.1, -0.05) is 6.07 Å². The third-order valence-electron chi connectivity index (χ3n) is 4.19. The van der Waals surface area contributed by atoms with E-state index >= 15 is 0 Å². The van der Waals surface area contributed by atoms with Gasteiger partial charge in [0, 0.05) is 42.7 Å². The molecule has 0 aliphatic carbocycles. The topological polar surface area (TPSA) is 81.1 Å². The largest absolute Gasteiger partial charge is 0.508 e. The van der Waals surface area contributed by atoms with E-state index in [-0.39, 0.29) is 28.9 Å². The molecule has 1 fully saturated rings. The average molecular weight is 360 g/mol. The highest BCUT2D eigenvalue weighted by Crippen LogP contribution is 2.22. The number of carbonyl (C=O) groups excluding carboxylic acids is 2. The van der Waals surface area contributed by atoms with Crippen LogP contribution in [-0.4, -0.2) is 58.0 Å². The van der Waals surface area contributed by atoms with Crippen LogP contribution in [0.2, 0.25) is 0 Å². The van der Waals surface area contributed by atoms with Gasteiger partial charge < -0.3 is 20.0 Å². The standard InChI is InChI=1S/C18H20N2O4S/c21-14-9-13(10-15(22)11-14)18(24)20-5-2-4-19(6-7-20)17(23)12-16-3-1-8-25-16/h1,3,8-11,21-22H,2,4-7,12H2. The monoisotopic (exact) mass is 360 g/mol. The molecule has 3 rings (SSSR count). The highest BCUT2D eigenvalue weighted by Gasteiger charge is 2.23. The molecule has 2 heterocycles. The number of amides is 2. The third kappa shape index (κ3) is 4.30. The summed E-state index contributed by atoms with van der Waals surface area (Å²) in [6, 6.07) is 7.74. The number of rotatable bonds is 3. The Morgan fingerprint density at radius 1 is 1.00 bits per heavy atom. The van der Waals surface area contributed by atoms with Crippen LogP contribution in [0.1, 0.15) is 21.7 Å². The summed E-state index contributed by atoms with van der Waals surface area (Å²) in [4.78, 5) is 29.5. The summed E-state index contributed by atoms with van der Waals surface area (Å²) in [5.41, 5.74) is 0.246. The van der Waals surface area contributed by atoms with Crippen molar-refractivity contribution >= 4 is 23.2 Å². The van der Waals surface area contributed by atoms with Crippen LogP contribution in [-0.2, 0) is 11.2 Å². The first kappa shape index (κ1) is 17.3. The van der Waals surface area contributed by atoms with Crippen molar-refractivity contribution in [3.05, 3.63) is 46.2 Å². The fourth-order valence-electron chi connectivity index (χ4n) is 2.95. The first-order valence-electron chi connectivity index (χ1n) is 8.15. The Bertz CT molecular complexity index is 740. The molecule has 1 aliphatic heterocycles. The number of phenols is 2. The lowest BCUT2D eigenvalue weighted by Gasteiger charge is -2.22. The van der Waals surface area contributed by atoms with Crippen LogP contribution in [0.15, 0.2) is 35.7 Å². The van der Waals surface area contributed by atoms with Gasteiger partial charge in [-0.2, -0.15) is 0 Å². The molecule has 2 N–H and O–H groups in total. The molecule has 0 atom stereocenters. The van der Waals surface area contributed by atoms with Crippen LogP contribution < -0.4 is 0 Å². The molecule has 1 saturated heterocycles. The predicted molar refractivity (Wildman–Crippen MR) is 94.9 cm³/mol. The van der Waals surface area contributed by atoms with E-state index in [0.717, 1.165) is 4.88 Å². The maximum atomic E-state index is 12.6. The summed E-state index contributed by atoms with van der Waals surface area (Å²) >= 11 is 1.57. The summed E-state index contributed by atoms with van der Waals surface area (Å²) in [6.45, 7) is 2.09. The number of nitrogens with zero attached hydrogens (tertiary/aromatic N) is 2. The summed E-state index contributed by atoms with van der Waals surface area (Å²) < 4.78 is 0. The van der Waals surface area contributed by atoms with Gasteiger partial charge in [0.05, 0.1) is 6.42 Å². The van der Waals surface area contributed by atoms with E-state index in [1.54, 1.807) is 21.1 Å². The molecule has 2 amide bonds. The maximum Gasteiger partial charge on any atom is 0.254 e. The molecule has 1 aliphatic rings. The minimum Gasteiger partial charge on any atom is -0.508 e. The molecule has 0 saturated carbocycles. The Kier molecular flexibility index (Phi) is 5.23. The van der Waals surface area contributed by atoms with Crippen molar-refractivity contribution < 1.29 is 19.8 Å². The van der Waals surface area contributed by atoms with Gasteiger partial charge in [0.15, 0.2) is 0 Å². The van der Waals surface area contributed by atoms with Crippen molar-refractivity contribution in [3.63, 3.8) is 0 Å². The Morgan fingerprint density at radius 2 is 1.68 bits per heavy atom. The lowest BCUT2D eigenvalue weighted by Crippen LogP contribution is -2.37. The molecule has 25 heavy (non-hydrogen) atoms. The van der Waals surface area contributed by atoms with Gasteiger partial charge in [0.1, 0.15) is 11.5 Å². The zero-order valence-electron chi connectivity index (χ0n) is 13.7. The van der Waals surface area contributed by atoms with Crippen LogP contribution in [0.5, 0.6) is 11.5 Å². The summed E-state index contributed by atoms with van der Waals surface area (Å²) in [5, 5.41) is 21.1. The lowest BCUT2D eigenvalue weighted by molar-refractivity contribution is -0.130. The van der Waals surface area contributed by atoms with Crippen LogP contribution in [0.4, 0.5) is 0 Å². The fraction of sp³-hybridized carbons (Fsp3) is 0.333. The molecular weight excluding hydrogens is 340 g/mol. The molecule has 1 aromatic carbocycles. The first-order chi connectivity index (χ1) is 12.0. The number of aromatic hydroxyl groups is 2. The Morgan fingerprint density at radius 3 is 2.36 bits per heavy atom. The normalized spacial score (nSPS) is 15.0. The molecule has 6 nitrogen and oxygen atoms in total. The SMILES string of the molecule is O=C(Cc1cccs1)N1CCCN(C(=O)c2cc(O)cc(O)c2)CC1. The van der Waals surface area contributed by atoms with E-state index in [9.17, 15) is 19.8 Å². The van der Waals surface area contributed by atoms with E-state index < -0.39 is 0 Å². The molecule has 2 aromatic rings. The van der Waals surface area contributed by atoms with Gasteiger partial charge in [-0.25, -0.2) is 0 Å². The molecule has 0 spiro atoms. The lowest BCUT2D eigenvalue weighted by atomic mass is 10.1. The van der Waals surface area contributed by atoms with Crippen molar-refractivity contribution in [3.8, 4) is 11.5 Å². The van der Waals surface area contributed by atoms with E-state index in [1.807, 2.05) is 17.5 Å². The van der Waals surface area contributed by atoms with Gasteiger partial charge in [-0.05, 0) is 30.0 Å². The zero-order chi connectivity index (χ0) is 17.8. The Hall–Kier alpha value is -2.54. The molecule has 132 valence electrons. The molecule has 0 bridgehead atoms. The van der Waals surface area contributed by atoms with E-state index in [4.69, 9.17) is 0 Å². The molecular formula is C18H20N2O4S. The van der Waals surface area contributed by atoms with Crippen LogP contribution in [0.25, 0.3) is 0 Å². The number of benzene rings is 1. The van der Waals surface area contributed by atoms with E-state index in [1.165, 1.54) is 18.2 Å². The molecule has 7 heteroatoms. The van der Waals surface area contributed by atoms with Gasteiger partial charge in [0.2, 0.25) is 5.91 Å². The summed E-state index contributed by atoms with van der Waals surface area (Å²) in [7, 11) is 0. The van der Waals surface area contributed by atoms with Crippen molar-refractivity contribution in [1.29, 1.82) is 0 Å². The molecule has 0 radical (unpaired) electrons. The van der Waals surface area contributed by atoms with Crippen molar-refractivity contribution in [2.75, 3.05) is 26.2 Å². The predicted octanol–water partition coefficient (Wildman–Crippen LogP) is 2.08. The van der Waals surface area contributed by atoms with Crippen LogP contribution in [0.3, 0.4) is 0 Å². The van der Waals surface area contributed by atoms with E-state index in [0.29, 0.717) is 39.0 Å². The van der Waals surface area contributed by atoms with Crippen molar-refractivity contribution in [1.82, 2.24) is 9.80 Å². The number of thiophene rings is 1. The van der Waals surface area contributed by atoms with Gasteiger partial charge >= 0.3 is 0 Å². The minimum atomic E-state index is -0.251. The highest BCUT2D eigenvalue weighted by atomic mass is 32.1. The van der Waals surface area contributed by atoms with Crippen molar-refractivity contribution in [2.45, 2.75) is 12.8 Å². The Labute approximate surface area is 149 Å². The average Bonchev–Trinajstić information content (AvgIpc) is 2.94. The number of hydrogen-bond acceptors (Lipinski definition) is 5. The minimum absolute atomic E-state index is 0.0757. The quantitative estimate of drug-likeness (QED) is 0.878. The smallest absolute Gasteiger partial charge is 0.254 e. The molecule has 1 aromatic heterocycles. The van der Waals surface area contributed by atoms with Crippen LogP contribution in [0, 0.1) is 0 Å². The van der Waals surface area contributed by atoms with Gasteiger partial charge in [-0.15, -0.1) is 11.3 Å². The molecule has 0 unspecified atom stereocenters. The summed E-state index contributed by atoms with van der Waals surface area (Å²) in [6.07, 6.45) is 1.10. The maximum absolute atomic E-state index is 12.6. The van der Waals surface area contributed by atoms with E-state index in [2.05, 4.69) is 0 Å². The second-order valence-corrected chi connectivity index (χ2v) is 7.05. The van der Waals surface area contributed by atoms with Crippen LogP contribution >= 0.6 is 11.3 Å². The highest BCUT2D eigenvalue weighted by molar-refractivity contribution is 7.10. The third-order valence-corrected chi connectivity index (χ3v) is 5.07. The fourth-order valence-corrected chi connectivity index (χ4v) is 3.64. The van der Waals surface area contributed by atoms with Crippen molar-refractivity contribution in [2.24, 2.45) is 0 Å². The second-order valence-electron chi connectivity index (χ2n) is 6.02. The Balaban J connectivity index is 1.62. The first-order valence-corrected chi connectivity index (χ1v) is 9.03.